The van der Waals surface area contributed by atoms with Crippen LogP contribution in [0.3, 0.4) is 0 Å². The number of carbonyl (C=O) groups excluding carboxylic acids is 3. The molecule has 134 valence electrons. The van der Waals surface area contributed by atoms with Gasteiger partial charge in [-0.1, -0.05) is 25.0 Å². The number of hydrogen-bond acceptors (Lipinski definition) is 4. The molecule has 6 heteroatoms. The molecule has 1 aliphatic carbocycles. The van der Waals surface area contributed by atoms with E-state index in [1.807, 2.05) is 0 Å². The third-order valence-corrected chi connectivity index (χ3v) is 4.47. The molecule has 1 saturated carbocycles. The SMILES string of the molecule is CC(=O)c1cccc(NC(=O)c2ccnc(C(=O)NC3CCCC3)c2)c1. The molecule has 26 heavy (non-hydrogen) atoms. The second kappa shape index (κ2) is 7.91. The molecule has 1 aromatic carbocycles. The lowest BCUT2D eigenvalue weighted by atomic mass is 10.1. The molecule has 0 aliphatic heterocycles. The van der Waals surface area contributed by atoms with Crippen LogP contribution in [0, 0.1) is 0 Å². The Morgan fingerprint density at radius 2 is 1.77 bits per heavy atom. The van der Waals surface area contributed by atoms with Gasteiger partial charge < -0.3 is 10.6 Å². The van der Waals surface area contributed by atoms with Crippen molar-refractivity contribution in [3.63, 3.8) is 0 Å². The largest absolute Gasteiger partial charge is 0.348 e. The number of aromatic nitrogens is 1. The summed E-state index contributed by atoms with van der Waals surface area (Å²) in [6.07, 6.45) is 5.67. The Morgan fingerprint density at radius 3 is 2.50 bits per heavy atom. The lowest BCUT2D eigenvalue weighted by Crippen LogP contribution is -2.33. The second-order valence-electron chi connectivity index (χ2n) is 6.48. The summed E-state index contributed by atoms with van der Waals surface area (Å²) in [5.41, 5.74) is 1.61. The molecule has 3 rings (SSSR count). The van der Waals surface area contributed by atoms with Crippen LogP contribution in [0.5, 0.6) is 0 Å². The average molecular weight is 351 g/mol. The first kappa shape index (κ1) is 17.8. The molecule has 0 bridgehead atoms. The molecule has 0 radical (unpaired) electrons. The minimum Gasteiger partial charge on any atom is -0.348 e. The van der Waals surface area contributed by atoms with E-state index in [9.17, 15) is 14.4 Å². The minimum atomic E-state index is -0.358. The summed E-state index contributed by atoms with van der Waals surface area (Å²) in [5.74, 6) is -0.691. The van der Waals surface area contributed by atoms with Gasteiger partial charge in [-0.3, -0.25) is 19.4 Å². The summed E-state index contributed by atoms with van der Waals surface area (Å²) in [7, 11) is 0. The summed E-state index contributed by atoms with van der Waals surface area (Å²) in [6, 6.07) is 9.95. The molecule has 0 saturated heterocycles. The van der Waals surface area contributed by atoms with Crippen LogP contribution < -0.4 is 10.6 Å². The van der Waals surface area contributed by atoms with E-state index in [0.29, 0.717) is 16.8 Å². The maximum atomic E-state index is 12.5. The number of amides is 2. The van der Waals surface area contributed by atoms with Gasteiger partial charge in [0.1, 0.15) is 5.69 Å². The third-order valence-electron chi connectivity index (χ3n) is 4.47. The van der Waals surface area contributed by atoms with Gasteiger partial charge in [0.15, 0.2) is 5.78 Å². The maximum Gasteiger partial charge on any atom is 0.270 e. The van der Waals surface area contributed by atoms with Crippen molar-refractivity contribution in [1.82, 2.24) is 10.3 Å². The number of rotatable bonds is 5. The van der Waals surface area contributed by atoms with Crippen molar-refractivity contribution >= 4 is 23.3 Å². The number of benzene rings is 1. The summed E-state index contributed by atoms with van der Waals surface area (Å²) >= 11 is 0. The van der Waals surface area contributed by atoms with Gasteiger partial charge in [0.05, 0.1) is 0 Å². The first-order chi connectivity index (χ1) is 12.5. The van der Waals surface area contributed by atoms with Crippen LogP contribution in [-0.2, 0) is 0 Å². The summed E-state index contributed by atoms with van der Waals surface area (Å²) < 4.78 is 0. The van der Waals surface area contributed by atoms with Gasteiger partial charge in [0.25, 0.3) is 11.8 Å². The number of nitrogens with one attached hydrogen (secondary N) is 2. The number of Topliss-reactive ketones (excluding diaryl/α,β-unsaturated/α-hetero) is 1. The zero-order valence-corrected chi connectivity index (χ0v) is 14.6. The highest BCUT2D eigenvalue weighted by Gasteiger charge is 2.19. The van der Waals surface area contributed by atoms with E-state index in [2.05, 4.69) is 15.6 Å². The Labute approximate surface area is 152 Å². The fraction of sp³-hybridized carbons (Fsp3) is 0.300. The smallest absolute Gasteiger partial charge is 0.270 e. The topological polar surface area (TPSA) is 88.2 Å². The second-order valence-corrected chi connectivity index (χ2v) is 6.48. The molecule has 6 nitrogen and oxygen atoms in total. The van der Waals surface area contributed by atoms with E-state index in [4.69, 9.17) is 0 Å². The number of carbonyl (C=O) groups is 3. The Kier molecular flexibility index (Phi) is 5.41. The highest BCUT2D eigenvalue weighted by Crippen LogP contribution is 2.18. The van der Waals surface area contributed by atoms with E-state index in [0.717, 1.165) is 25.7 Å². The summed E-state index contributed by atoms with van der Waals surface area (Å²) in [6.45, 7) is 1.47. The number of ketones is 1. The fourth-order valence-electron chi connectivity index (χ4n) is 3.04. The van der Waals surface area contributed by atoms with Crippen molar-refractivity contribution < 1.29 is 14.4 Å². The fourth-order valence-corrected chi connectivity index (χ4v) is 3.04. The number of pyridine rings is 1. The molecule has 1 fully saturated rings. The number of nitrogens with zero attached hydrogens (tertiary/aromatic N) is 1. The molecule has 0 spiro atoms. The van der Waals surface area contributed by atoms with Gasteiger partial charge in [-0.2, -0.15) is 0 Å². The molecule has 1 aromatic heterocycles. The lowest BCUT2D eigenvalue weighted by molar-refractivity contribution is 0.0932. The van der Waals surface area contributed by atoms with Crippen molar-refractivity contribution in [2.75, 3.05) is 5.32 Å². The summed E-state index contributed by atoms with van der Waals surface area (Å²) in [5, 5.41) is 5.70. The predicted octanol–water partition coefficient (Wildman–Crippen LogP) is 3.21. The first-order valence-electron chi connectivity index (χ1n) is 8.72. The molecule has 0 atom stereocenters. The Morgan fingerprint density at radius 1 is 1.00 bits per heavy atom. The molecule has 1 heterocycles. The van der Waals surface area contributed by atoms with Crippen LogP contribution in [0.4, 0.5) is 5.69 Å². The van der Waals surface area contributed by atoms with Gasteiger partial charge in [-0.05, 0) is 44.0 Å². The zero-order chi connectivity index (χ0) is 18.5. The van der Waals surface area contributed by atoms with Crippen LogP contribution >= 0.6 is 0 Å². The van der Waals surface area contributed by atoms with E-state index in [-0.39, 0.29) is 29.3 Å². The van der Waals surface area contributed by atoms with Crippen molar-refractivity contribution in [3.8, 4) is 0 Å². The lowest BCUT2D eigenvalue weighted by Gasteiger charge is -2.12. The van der Waals surface area contributed by atoms with Crippen LogP contribution in [-0.4, -0.2) is 28.6 Å². The predicted molar refractivity (Wildman–Crippen MR) is 98.4 cm³/mol. The van der Waals surface area contributed by atoms with E-state index in [1.165, 1.54) is 19.2 Å². The molecular weight excluding hydrogens is 330 g/mol. The zero-order valence-electron chi connectivity index (χ0n) is 14.6. The quantitative estimate of drug-likeness (QED) is 0.810. The monoisotopic (exact) mass is 351 g/mol. The standard InChI is InChI=1S/C20H21N3O3/c1-13(24)14-5-4-8-17(11-14)23-19(25)15-9-10-21-18(12-15)20(26)22-16-6-2-3-7-16/h4-5,8-12,16H,2-3,6-7H2,1H3,(H,22,26)(H,23,25). The first-order valence-corrected chi connectivity index (χ1v) is 8.72. The molecule has 0 unspecified atom stereocenters. The van der Waals surface area contributed by atoms with Crippen molar-refractivity contribution in [1.29, 1.82) is 0 Å². The normalized spacial score (nSPS) is 14.0. The van der Waals surface area contributed by atoms with Crippen LogP contribution in [0.1, 0.15) is 63.8 Å². The van der Waals surface area contributed by atoms with Gasteiger partial charge in [0, 0.05) is 29.1 Å². The van der Waals surface area contributed by atoms with Gasteiger partial charge in [-0.15, -0.1) is 0 Å². The number of anilines is 1. The minimum absolute atomic E-state index is 0.0733. The van der Waals surface area contributed by atoms with Crippen LogP contribution in [0.2, 0.25) is 0 Å². The number of hydrogen-bond donors (Lipinski definition) is 2. The summed E-state index contributed by atoms with van der Waals surface area (Å²) in [4.78, 5) is 40.3. The Bertz CT molecular complexity index is 842. The highest BCUT2D eigenvalue weighted by atomic mass is 16.2. The van der Waals surface area contributed by atoms with Crippen molar-refractivity contribution in [3.05, 3.63) is 59.4 Å². The van der Waals surface area contributed by atoms with Crippen molar-refractivity contribution in [2.45, 2.75) is 38.6 Å². The van der Waals surface area contributed by atoms with Gasteiger partial charge in [-0.25, -0.2) is 0 Å². The molecule has 2 N–H and O–H groups in total. The van der Waals surface area contributed by atoms with Gasteiger partial charge >= 0.3 is 0 Å². The Hall–Kier alpha value is -3.02. The van der Waals surface area contributed by atoms with Crippen LogP contribution in [0.15, 0.2) is 42.6 Å². The third kappa shape index (κ3) is 4.33. The molecule has 2 aromatic rings. The van der Waals surface area contributed by atoms with E-state index in [1.54, 1.807) is 30.3 Å². The average Bonchev–Trinajstić information content (AvgIpc) is 3.15. The van der Waals surface area contributed by atoms with Crippen molar-refractivity contribution in [2.24, 2.45) is 0 Å². The highest BCUT2D eigenvalue weighted by molar-refractivity contribution is 6.06. The Balaban J connectivity index is 1.70. The van der Waals surface area contributed by atoms with Crippen LogP contribution in [0.25, 0.3) is 0 Å². The molecular formula is C20H21N3O3. The van der Waals surface area contributed by atoms with E-state index >= 15 is 0 Å². The maximum absolute atomic E-state index is 12.5. The molecule has 2 amide bonds. The van der Waals surface area contributed by atoms with Gasteiger partial charge in [0.2, 0.25) is 0 Å². The molecule has 1 aliphatic rings. The van der Waals surface area contributed by atoms with E-state index < -0.39 is 0 Å².